The molecule has 134 valence electrons. The maximum absolute atomic E-state index is 13.4. The number of thiazole rings is 1. The van der Waals surface area contributed by atoms with Crippen LogP contribution in [0, 0.1) is 11.6 Å². The molecule has 0 unspecified atom stereocenters. The van der Waals surface area contributed by atoms with E-state index in [9.17, 15) is 13.6 Å². The quantitative estimate of drug-likeness (QED) is 0.458. The maximum Gasteiger partial charge on any atom is 0.258 e. The summed E-state index contributed by atoms with van der Waals surface area (Å²) < 4.78 is 27.5. The van der Waals surface area contributed by atoms with Crippen molar-refractivity contribution in [2.75, 3.05) is 5.32 Å². The van der Waals surface area contributed by atoms with Gasteiger partial charge >= 0.3 is 0 Å². The molecule has 27 heavy (non-hydrogen) atoms. The second kappa shape index (κ2) is 7.02. The molecule has 0 fully saturated rings. The molecule has 0 aliphatic rings. The molecule has 4 rings (SSSR count). The molecule has 0 aliphatic carbocycles. The van der Waals surface area contributed by atoms with Crippen molar-refractivity contribution in [3.8, 4) is 10.6 Å². The van der Waals surface area contributed by atoms with Crippen molar-refractivity contribution in [2.24, 2.45) is 0 Å². The summed E-state index contributed by atoms with van der Waals surface area (Å²) in [6.45, 7) is 0. The van der Waals surface area contributed by atoms with Crippen molar-refractivity contribution in [1.29, 1.82) is 0 Å². The lowest BCUT2D eigenvalue weighted by Gasteiger charge is -2.07. The van der Waals surface area contributed by atoms with Crippen molar-refractivity contribution in [2.45, 2.75) is 0 Å². The van der Waals surface area contributed by atoms with E-state index in [0.29, 0.717) is 0 Å². The van der Waals surface area contributed by atoms with Gasteiger partial charge in [0.15, 0.2) is 11.6 Å². The highest BCUT2D eigenvalue weighted by atomic mass is 35.5. The average molecular weight is 402 g/mol. The lowest BCUT2D eigenvalue weighted by atomic mass is 10.2. The standard InChI is InChI=1S/C19H10ClF2N3OS/c20-12-8-14(22)13(21)7-11(12)18(26)25-17-6-5-10(9-23-17)19-24-15-3-1-2-4-16(15)27-19/h1-9H,(H,23,25,26). The molecule has 2 aromatic carbocycles. The van der Waals surface area contributed by atoms with E-state index in [4.69, 9.17) is 11.6 Å². The zero-order valence-corrected chi connectivity index (χ0v) is 15.1. The minimum atomic E-state index is -1.15. The number of nitrogens with one attached hydrogen (secondary N) is 1. The van der Waals surface area contributed by atoms with Gasteiger partial charge in [0, 0.05) is 11.8 Å². The number of carbonyl (C=O) groups excluding carboxylic acids is 1. The maximum atomic E-state index is 13.4. The van der Waals surface area contributed by atoms with Gasteiger partial charge in [-0.3, -0.25) is 4.79 Å². The normalized spacial score (nSPS) is 10.9. The molecule has 2 heterocycles. The van der Waals surface area contributed by atoms with E-state index in [1.807, 2.05) is 24.3 Å². The van der Waals surface area contributed by atoms with Crippen molar-refractivity contribution in [1.82, 2.24) is 9.97 Å². The van der Waals surface area contributed by atoms with Crippen LogP contribution in [0.15, 0.2) is 54.7 Å². The van der Waals surface area contributed by atoms with E-state index in [1.165, 1.54) is 11.3 Å². The van der Waals surface area contributed by atoms with Crippen LogP contribution in [0.2, 0.25) is 5.02 Å². The molecular formula is C19H10ClF2N3OS. The number of benzene rings is 2. The van der Waals surface area contributed by atoms with Crippen molar-refractivity contribution < 1.29 is 13.6 Å². The van der Waals surface area contributed by atoms with Crippen LogP contribution < -0.4 is 5.32 Å². The first kappa shape index (κ1) is 17.5. The van der Waals surface area contributed by atoms with Gasteiger partial charge in [-0.15, -0.1) is 11.3 Å². The van der Waals surface area contributed by atoms with Crippen LogP contribution >= 0.6 is 22.9 Å². The molecule has 0 spiro atoms. The van der Waals surface area contributed by atoms with E-state index >= 15 is 0 Å². The predicted molar refractivity (Wildman–Crippen MR) is 102 cm³/mol. The van der Waals surface area contributed by atoms with E-state index in [2.05, 4.69) is 15.3 Å². The summed E-state index contributed by atoms with van der Waals surface area (Å²) in [7, 11) is 0. The number of pyridine rings is 1. The highest BCUT2D eigenvalue weighted by Gasteiger charge is 2.16. The number of carbonyl (C=O) groups is 1. The van der Waals surface area contributed by atoms with Gasteiger partial charge in [-0.25, -0.2) is 18.7 Å². The first-order chi connectivity index (χ1) is 13.0. The number of anilines is 1. The smallest absolute Gasteiger partial charge is 0.258 e. The Labute approximate surface area is 161 Å². The van der Waals surface area contributed by atoms with Crippen LogP contribution in [0.4, 0.5) is 14.6 Å². The molecule has 1 N–H and O–H groups in total. The van der Waals surface area contributed by atoms with Crippen LogP contribution in [0.3, 0.4) is 0 Å². The van der Waals surface area contributed by atoms with Gasteiger partial charge in [0.05, 0.1) is 20.8 Å². The number of fused-ring (bicyclic) bond motifs is 1. The third-order valence-corrected chi connectivity index (χ3v) is 5.20. The topological polar surface area (TPSA) is 54.9 Å². The summed E-state index contributed by atoms with van der Waals surface area (Å²) >= 11 is 7.35. The molecule has 0 bridgehead atoms. The summed E-state index contributed by atoms with van der Waals surface area (Å²) in [5, 5.41) is 3.14. The molecule has 0 aliphatic heterocycles. The predicted octanol–water partition coefficient (Wildman–Crippen LogP) is 5.54. The van der Waals surface area contributed by atoms with Gasteiger partial charge in [0.2, 0.25) is 0 Å². The van der Waals surface area contributed by atoms with Gasteiger partial charge < -0.3 is 5.32 Å². The molecule has 0 atom stereocenters. The lowest BCUT2D eigenvalue weighted by molar-refractivity contribution is 0.102. The van der Waals surface area contributed by atoms with Crippen molar-refractivity contribution >= 4 is 44.9 Å². The first-order valence-corrected chi connectivity index (χ1v) is 8.98. The Morgan fingerprint density at radius 3 is 2.59 bits per heavy atom. The Bertz CT molecular complexity index is 1130. The number of hydrogen-bond acceptors (Lipinski definition) is 4. The summed E-state index contributed by atoms with van der Waals surface area (Å²) in [5.41, 5.74) is 1.54. The van der Waals surface area contributed by atoms with Crippen LogP contribution in [0.1, 0.15) is 10.4 Å². The van der Waals surface area contributed by atoms with Crippen LogP contribution in [-0.2, 0) is 0 Å². The van der Waals surface area contributed by atoms with Crippen molar-refractivity contribution in [3.05, 3.63) is 76.9 Å². The molecule has 0 radical (unpaired) electrons. The van der Waals surface area contributed by atoms with Gasteiger partial charge in [0.1, 0.15) is 10.8 Å². The second-order valence-corrected chi connectivity index (χ2v) is 7.06. The molecule has 8 heteroatoms. The molecule has 2 aromatic heterocycles. The fraction of sp³-hybridized carbons (Fsp3) is 0. The summed E-state index contributed by atoms with van der Waals surface area (Å²) in [6, 6.07) is 12.7. The zero-order chi connectivity index (χ0) is 19.0. The molecule has 1 amide bonds. The molecule has 4 nitrogen and oxygen atoms in total. The minimum absolute atomic E-state index is 0.174. The molecule has 0 saturated heterocycles. The largest absolute Gasteiger partial charge is 0.307 e. The first-order valence-electron chi connectivity index (χ1n) is 7.79. The Balaban J connectivity index is 1.56. The highest BCUT2D eigenvalue weighted by molar-refractivity contribution is 7.21. The number of aromatic nitrogens is 2. The number of nitrogens with zero attached hydrogens (tertiary/aromatic N) is 2. The van der Waals surface area contributed by atoms with E-state index in [1.54, 1.807) is 18.3 Å². The Morgan fingerprint density at radius 1 is 1.07 bits per heavy atom. The Hall–Kier alpha value is -2.90. The molecule has 0 saturated carbocycles. The lowest BCUT2D eigenvalue weighted by Crippen LogP contribution is -2.14. The van der Waals surface area contributed by atoms with Crippen LogP contribution in [-0.4, -0.2) is 15.9 Å². The van der Waals surface area contributed by atoms with Crippen molar-refractivity contribution in [3.63, 3.8) is 0 Å². The van der Waals surface area contributed by atoms with E-state index < -0.39 is 17.5 Å². The third kappa shape index (κ3) is 3.51. The fourth-order valence-corrected chi connectivity index (χ4v) is 3.66. The number of para-hydroxylation sites is 1. The summed E-state index contributed by atoms with van der Waals surface area (Å²) in [5.74, 6) is -2.69. The van der Waals surface area contributed by atoms with E-state index in [-0.39, 0.29) is 16.4 Å². The van der Waals surface area contributed by atoms with Gasteiger partial charge in [0.25, 0.3) is 5.91 Å². The monoisotopic (exact) mass is 401 g/mol. The summed E-state index contributed by atoms with van der Waals surface area (Å²) in [6.07, 6.45) is 1.58. The number of amides is 1. The summed E-state index contributed by atoms with van der Waals surface area (Å²) in [4.78, 5) is 21.0. The average Bonchev–Trinajstić information content (AvgIpc) is 3.09. The number of hydrogen-bond donors (Lipinski definition) is 1. The van der Waals surface area contributed by atoms with E-state index in [0.717, 1.165) is 32.9 Å². The van der Waals surface area contributed by atoms with Gasteiger partial charge in [-0.1, -0.05) is 23.7 Å². The third-order valence-electron chi connectivity index (χ3n) is 3.80. The van der Waals surface area contributed by atoms with Crippen LogP contribution in [0.25, 0.3) is 20.8 Å². The number of rotatable bonds is 3. The Kier molecular flexibility index (Phi) is 4.55. The number of halogens is 3. The minimum Gasteiger partial charge on any atom is -0.307 e. The van der Waals surface area contributed by atoms with Gasteiger partial charge in [-0.2, -0.15) is 0 Å². The molecular weight excluding hydrogens is 392 g/mol. The SMILES string of the molecule is O=C(Nc1ccc(-c2nc3ccccc3s2)cn1)c1cc(F)c(F)cc1Cl. The molecule has 4 aromatic rings. The second-order valence-electron chi connectivity index (χ2n) is 5.62. The zero-order valence-electron chi connectivity index (χ0n) is 13.5. The van der Waals surface area contributed by atoms with Gasteiger partial charge in [-0.05, 0) is 36.4 Å². The van der Waals surface area contributed by atoms with Crippen LogP contribution in [0.5, 0.6) is 0 Å². The fourth-order valence-electron chi connectivity index (χ4n) is 2.47. The Morgan fingerprint density at radius 2 is 1.85 bits per heavy atom. The highest BCUT2D eigenvalue weighted by Crippen LogP contribution is 2.30.